The molecule has 0 saturated carbocycles. The Morgan fingerprint density at radius 1 is 1.28 bits per heavy atom. The number of hydrogen-bond acceptors (Lipinski definition) is 2. The fourth-order valence-corrected chi connectivity index (χ4v) is 3.17. The molecule has 2 rings (SSSR count). The van der Waals surface area contributed by atoms with E-state index in [1.54, 1.807) is 11.3 Å². The third-order valence-electron chi connectivity index (χ3n) is 2.60. The van der Waals surface area contributed by atoms with Crippen molar-refractivity contribution < 1.29 is 0 Å². The van der Waals surface area contributed by atoms with Gasteiger partial charge >= 0.3 is 0 Å². The molecule has 0 aliphatic heterocycles. The predicted octanol–water partition coefficient (Wildman–Crippen LogP) is 4.25. The molecule has 2 aromatic heterocycles. The molecule has 2 nitrogen and oxygen atoms in total. The summed E-state index contributed by atoms with van der Waals surface area (Å²) in [6.45, 7) is 8.43. The van der Waals surface area contributed by atoms with Gasteiger partial charge in [-0.25, -0.2) is 0 Å². The maximum atomic E-state index is 3.50. The average Bonchev–Trinajstić information content (AvgIpc) is 2.85. The zero-order valence-electron chi connectivity index (χ0n) is 11.0. The van der Waals surface area contributed by atoms with Gasteiger partial charge in [0.25, 0.3) is 0 Å². The van der Waals surface area contributed by atoms with E-state index in [1.165, 1.54) is 14.2 Å². The van der Waals surface area contributed by atoms with Crippen LogP contribution in [-0.2, 0) is 13.1 Å². The zero-order chi connectivity index (χ0) is 13.2. The van der Waals surface area contributed by atoms with Gasteiger partial charge in [-0.05, 0) is 60.5 Å². The van der Waals surface area contributed by atoms with Crippen molar-refractivity contribution in [2.45, 2.75) is 39.4 Å². The summed E-state index contributed by atoms with van der Waals surface area (Å²) in [5, 5.41) is 3.50. The van der Waals surface area contributed by atoms with E-state index in [0.29, 0.717) is 0 Å². The highest BCUT2D eigenvalue weighted by Crippen LogP contribution is 2.23. The van der Waals surface area contributed by atoms with Crippen molar-refractivity contribution in [2.75, 3.05) is 0 Å². The molecular formula is C14H19BrN2S. The van der Waals surface area contributed by atoms with Gasteiger partial charge in [0.1, 0.15) is 0 Å². The molecule has 0 radical (unpaired) electrons. The van der Waals surface area contributed by atoms with Crippen LogP contribution in [0.4, 0.5) is 0 Å². The van der Waals surface area contributed by atoms with Gasteiger partial charge in [-0.1, -0.05) is 0 Å². The van der Waals surface area contributed by atoms with Gasteiger partial charge in [0, 0.05) is 29.4 Å². The van der Waals surface area contributed by atoms with Crippen LogP contribution in [0.2, 0.25) is 0 Å². The second-order valence-corrected chi connectivity index (χ2v) is 8.05. The minimum absolute atomic E-state index is 0.167. The van der Waals surface area contributed by atoms with E-state index < -0.39 is 0 Å². The maximum Gasteiger partial charge on any atom is 0.0702 e. The number of aromatic nitrogens is 1. The van der Waals surface area contributed by atoms with E-state index in [4.69, 9.17) is 0 Å². The topological polar surface area (TPSA) is 17.0 Å². The van der Waals surface area contributed by atoms with Crippen molar-refractivity contribution in [2.24, 2.45) is 0 Å². The Morgan fingerprint density at radius 3 is 2.67 bits per heavy atom. The SMILES string of the molecule is CC(C)(C)NCc1ccn(Cc2ccc(Br)s2)c1. The minimum atomic E-state index is 0.167. The van der Waals surface area contributed by atoms with E-state index in [-0.39, 0.29) is 5.54 Å². The lowest BCUT2D eigenvalue weighted by Crippen LogP contribution is -2.34. The molecule has 18 heavy (non-hydrogen) atoms. The summed E-state index contributed by atoms with van der Waals surface area (Å²) in [6, 6.07) is 6.45. The smallest absolute Gasteiger partial charge is 0.0702 e. The highest BCUT2D eigenvalue weighted by molar-refractivity contribution is 9.11. The average molecular weight is 327 g/mol. The third kappa shape index (κ3) is 4.26. The Morgan fingerprint density at radius 2 is 2.06 bits per heavy atom. The van der Waals surface area contributed by atoms with Crippen LogP contribution in [-0.4, -0.2) is 10.1 Å². The van der Waals surface area contributed by atoms with Crippen LogP contribution in [0.15, 0.2) is 34.4 Å². The monoisotopic (exact) mass is 326 g/mol. The maximum absolute atomic E-state index is 3.50. The summed E-state index contributed by atoms with van der Waals surface area (Å²) in [5.74, 6) is 0. The molecule has 0 aliphatic carbocycles. The van der Waals surface area contributed by atoms with E-state index >= 15 is 0 Å². The summed E-state index contributed by atoms with van der Waals surface area (Å²) in [7, 11) is 0. The molecule has 0 saturated heterocycles. The zero-order valence-corrected chi connectivity index (χ0v) is 13.4. The molecule has 0 aromatic carbocycles. The molecule has 0 spiro atoms. The van der Waals surface area contributed by atoms with Crippen LogP contribution in [0.25, 0.3) is 0 Å². The minimum Gasteiger partial charge on any atom is -0.349 e. The van der Waals surface area contributed by atoms with Crippen molar-refractivity contribution in [3.8, 4) is 0 Å². The van der Waals surface area contributed by atoms with Crippen molar-refractivity contribution in [1.29, 1.82) is 0 Å². The summed E-state index contributed by atoms with van der Waals surface area (Å²) in [6.07, 6.45) is 4.36. The second-order valence-electron chi connectivity index (χ2n) is 5.50. The Kier molecular flexibility index (Phi) is 4.30. The summed E-state index contributed by atoms with van der Waals surface area (Å²) < 4.78 is 3.43. The summed E-state index contributed by atoms with van der Waals surface area (Å²) in [4.78, 5) is 1.37. The van der Waals surface area contributed by atoms with Crippen LogP contribution in [0.5, 0.6) is 0 Å². The fraction of sp³-hybridized carbons (Fsp3) is 0.429. The standard InChI is InChI=1S/C14H19BrN2S/c1-14(2,3)16-8-11-6-7-17(9-11)10-12-4-5-13(15)18-12/h4-7,9,16H,8,10H2,1-3H3. The normalized spacial score (nSPS) is 12.0. The molecule has 0 atom stereocenters. The second kappa shape index (κ2) is 5.59. The summed E-state index contributed by atoms with van der Waals surface area (Å²) >= 11 is 5.29. The molecule has 0 aliphatic rings. The lowest BCUT2D eigenvalue weighted by Gasteiger charge is -2.19. The molecule has 0 amide bonds. The van der Waals surface area contributed by atoms with E-state index in [9.17, 15) is 0 Å². The Hall–Kier alpha value is -0.580. The van der Waals surface area contributed by atoms with Gasteiger partial charge in [-0.15, -0.1) is 11.3 Å². The lowest BCUT2D eigenvalue weighted by molar-refractivity contribution is 0.424. The van der Waals surface area contributed by atoms with Gasteiger partial charge in [0.15, 0.2) is 0 Å². The molecule has 1 N–H and O–H groups in total. The van der Waals surface area contributed by atoms with Crippen molar-refractivity contribution >= 4 is 27.3 Å². The molecule has 2 heterocycles. The Balaban J connectivity index is 1.94. The number of thiophene rings is 1. The van der Waals surface area contributed by atoms with Crippen molar-refractivity contribution in [1.82, 2.24) is 9.88 Å². The highest BCUT2D eigenvalue weighted by atomic mass is 79.9. The molecule has 0 bridgehead atoms. The van der Waals surface area contributed by atoms with Crippen LogP contribution in [0.1, 0.15) is 31.2 Å². The molecule has 0 unspecified atom stereocenters. The van der Waals surface area contributed by atoms with E-state index in [2.05, 4.69) is 77.2 Å². The van der Waals surface area contributed by atoms with Gasteiger partial charge in [0.05, 0.1) is 10.3 Å². The number of rotatable bonds is 4. The van der Waals surface area contributed by atoms with E-state index in [0.717, 1.165) is 13.1 Å². The van der Waals surface area contributed by atoms with Gasteiger partial charge in [-0.2, -0.15) is 0 Å². The largest absolute Gasteiger partial charge is 0.349 e. The quantitative estimate of drug-likeness (QED) is 0.888. The Labute approximate surface area is 121 Å². The lowest BCUT2D eigenvalue weighted by atomic mass is 10.1. The molecule has 2 aromatic rings. The molecule has 98 valence electrons. The van der Waals surface area contributed by atoms with Crippen LogP contribution >= 0.6 is 27.3 Å². The van der Waals surface area contributed by atoms with Crippen LogP contribution in [0, 0.1) is 0 Å². The third-order valence-corrected chi connectivity index (χ3v) is 4.21. The predicted molar refractivity (Wildman–Crippen MR) is 82.1 cm³/mol. The molecular weight excluding hydrogens is 308 g/mol. The fourth-order valence-electron chi connectivity index (χ4n) is 1.68. The molecule has 0 fully saturated rings. The van der Waals surface area contributed by atoms with Gasteiger partial charge < -0.3 is 9.88 Å². The first-order valence-corrected chi connectivity index (χ1v) is 7.67. The highest BCUT2D eigenvalue weighted by Gasteiger charge is 2.08. The number of halogens is 1. The van der Waals surface area contributed by atoms with Crippen LogP contribution in [0.3, 0.4) is 0 Å². The first-order valence-electron chi connectivity index (χ1n) is 6.06. The Bertz CT molecular complexity index is 508. The number of hydrogen-bond donors (Lipinski definition) is 1. The van der Waals surface area contributed by atoms with E-state index in [1.807, 2.05) is 0 Å². The van der Waals surface area contributed by atoms with Crippen LogP contribution < -0.4 is 5.32 Å². The first kappa shape index (κ1) is 13.8. The summed E-state index contributed by atoms with van der Waals surface area (Å²) in [5.41, 5.74) is 1.50. The van der Waals surface area contributed by atoms with Gasteiger partial charge in [0.2, 0.25) is 0 Å². The van der Waals surface area contributed by atoms with Crippen molar-refractivity contribution in [3.63, 3.8) is 0 Å². The number of nitrogens with zero attached hydrogens (tertiary/aromatic N) is 1. The van der Waals surface area contributed by atoms with Gasteiger partial charge in [-0.3, -0.25) is 0 Å². The molecule has 4 heteroatoms. The number of nitrogens with one attached hydrogen (secondary N) is 1. The van der Waals surface area contributed by atoms with Crippen molar-refractivity contribution in [3.05, 3.63) is 44.8 Å². The first-order chi connectivity index (χ1) is 8.42.